The van der Waals surface area contributed by atoms with Gasteiger partial charge in [0.15, 0.2) is 0 Å². The number of benzene rings is 2. The number of aryl methyl sites for hydroxylation is 1. The fourth-order valence-electron chi connectivity index (χ4n) is 3.81. The fraction of sp³-hybridized carbons (Fsp3) is 0.130. The molecule has 3 aromatic heterocycles. The van der Waals surface area contributed by atoms with E-state index in [1.165, 1.54) is 15.8 Å². The highest BCUT2D eigenvalue weighted by Gasteiger charge is 2.31. The molecule has 0 aliphatic heterocycles. The van der Waals surface area contributed by atoms with Crippen LogP contribution in [0.1, 0.15) is 21.5 Å². The number of amides is 1. The topological polar surface area (TPSA) is 94.3 Å². The van der Waals surface area contributed by atoms with Gasteiger partial charge in [-0.2, -0.15) is 18.3 Å². The molecule has 5 rings (SSSR count). The van der Waals surface area contributed by atoms with E-state index in [9.17, 15) is 22.4 Å². The van der Waals surface area contributed by atoms with Crippen molar-refractivity contribution in [2.45, 2.75) is 12.7 Å². The van der Waals surface area contributed by atoms with Crippen molar-refractivity contribution in [3.8, 4) is 0 Å². The molecule has 0 unspecified atom stereocenters. The normalized spacial score (nSPS) is 11.9. The van der Waals surface area contributed by atoms with Crippen LogP contribution in [0.3, 0.4) is 0 Å². The smallest absolute Gasteiger partial charge is 0.382 e. The molecular weight excluding hydrogens is 466 g/mol. The lowest BCUT2D eigenvalue weighted by Gasteiger charge is -2.22. The number of hydrogen-bond donors (Lipinski definition) is 1. The maximum Gasteiger partial charge on any atom is 0.416 e. The first-order valence-corrected chi connectivity index (χ1v) is 10.3. The molecule has 0 bridgehead atoms. The minimum atomic E-state index is -4.68. The first-order chi connectivity index (χ1) is 16.6. The van der Waals surface area contributed by atoms with Crippen molar-refractivity contribution in [2.75, 3.05) is 10.6 Å². The van der Waals surface area contributed by atoms with Crippen LogP contribution in [0.15, 0.2) is 61.3 Å². The summed E-state index contributed by atoms with van der Waals surface area (Å²) in [5.41, 5.74) is 7.05. The van der Waals surface area contributed by atoms with Gasteiger partial charge in [0.1, 0.15) is 17.2 Å². The molecule has 5 aromatic rings. The number of nitrogens with two attached hydrogens (primary N) is 1. The third kappa shape index (κ3) is 4.03. The van der Waals surface area contributed by atoms with Crippen LogP contribution in [0.4, 0.5) is 29.1 Å². The largest absolute Gasteiger partial charge is 0.416 e. The van der Waals surface area contributed by atoms with Crippen molar-refractivity contribution in [3.05, 3.63) is 83.8 Å². The van der Waals surface area contributed by atoms with E-state index in [0.29, 0.717) is 28.3 Å². The number of nitrogens with zero attached hydrogens (tertiary/aromatic N) is 6. The predicted octanol–water partition coefficient (Wildman–Crippen LogP) is 4.20. The minimum Gasteiger partial charge on any atom is -0.382 e. The number of halogens is 4. The fourth-order valence-corrected chi connectivity index (χ4v) is 3.81. The summed E-state index contributed by atoms with van der Waals surface area (Å²) in [7, 11) is 1.65. The molecule has 0 saturated heterocycles. The van der Waals surface area contributed by atoms with Crippen molar-refractivity contribution in [1.82, 2.24) is 24.1 Å². The Morgan fingerprint density at radius 3 is 2.60 bits per heavy atom. The molecule has 0 fully saturated rings. The van der Waals surface area contributed by atoms with E-state index in [1.54, 1.807) is 48.4 Å². The van der Waals surface area contributed by atoms with E-state index in [1.807, 2.05) is 0 Å². The number of rotatable bonds is 4. The third-order valence-corrected chi connectivity index (χ3v) is 5.58. The van der Waals surface area contributed by atoms with Gasteiger partial charge in [0.05, 0.1) is 47.6 Å². The van der Waals surface area contributed by atoms with Crippen LogP contribution in [-0.4, -0.2) is 30.1 Å². The van der Waals surface area contributed by atoms with Crippen LogP contribution in [0.2, 0.25) is 0 Å². The van der Waals surface area contributed by atoms with Crippen LogP contribution in [-0.2, 0) is 19.8 Å². The van der Waals surface area contributed by atoms with Gasteiger partial charge in [0.25, 0.3) is 5.91 Å². The lowest BCUT2D eigenvalue weighted by atomic mass is 10.1. The van der Waals surface area contributed by atoms with E-state index >= 15 is 0 Å². The second-order valence-electron chi connectivity index (χ2n) is 7.92. The second kappa shape index (κ2) is 8.08. The summed E-state index contributed by atoms with van der Waals surface area (Å²) in [6.45, 7) is -0.312. The Bertz CT molecular complexity index is 1590. The van der Waals surface area contributed by atoms with Gasteiger partial charge < -0.3 is 10.6 Å². The van der Waals surface area contributed by atoms with Crippen LogP contribution < -0.4 is 10.6 Å². The molecule has 3 heterocycles. The molecule has 0 spiro atoms. The van der Waals surface area contributed by atoms with Crippen LogP contribution in [0, 0.1) is 5.82 Å². The highest BCUT2D eigenvalue weighted by Crippen LogP contribution is 2.31. The van der Waals surface area contributed by atoms with Gasteiger partial charge in [-0.05, 0) is 30.3 Å². The number of aromatic nitrogens is 5. The highest BCUT2D eigenvalue weighted by molar-refractivity contribution is 6.07. The zero-order chi connectivity index (χ0) is 24.9. The van der Waals surface area contributed by atoms with Crippen molar-refractivity contribution < 1.29 is 22.4 Å². The number of nitrogen functional groups attached to an aromatic ring is 1. The Kier molecular flexibility index (Phi) is 5.15. The Morgan fingerprint density at radius 2 is 1.91 bits per heavy atom. The van der Waals surface area contributed by atoms with Crippen LogP contribution in [0.25, 0.3) is 16.6 Å². The summed E-state index contributed by atoms with van der Waals surface area (Å²) in [5.74, 6) is -1.30. The Labute approximate surface area is 195 Å². The third-order valence-electron chi connectivity index (χ3n) is 5.58. The summed E-state index contributed by atoms with van der Waals surface area (Å²) < 4.78 is 56.6. The molecule has 0 radical (unpaired) electrons. The number of alkyl halides is 3. The number of carbonyl (C=O) groups excluding carboxylic acids is 1. The molecule has 12 heteroatoms. The summed E-state index contributed by atoms with van der Waals surface area (Å²) in [6, 6.07) is 7.00. The molecule has 0 saturated carbocycles. The quantitative estimate of drug-likeness (QED) is 0.387. The first-order valence-electron chi connectivity index (χ1n) is 10.3. The number of hydrogen-bond acceptors (Lipinski definition) is 5. The molecule has 1 amide bonds. The van der Waals surface area contributed by atoms with E-state index in [0.717, 1.165) is 12.1 Å². The molecule has 0 aliphatic rings. The minimum absolute atomic E-state index is 0.0811. The number of fused-ring (bicyclic) bond motifs is 3. The standard InChI is InChI=1S/C23H17F4N7O/c1-32-11-16(8-30-32)33(10-14-2-4-15(7-17(14)24)23(25,26)27)22(35)13-3-5-18-19(6-13)34-12-29-9-20(34)21(28)31-18/h2-9,11-12H,10H2,1H3,(H2,28,31). The molecule has 2 aromatic carbocycles. The maximum atomic E-state index is 14.6. The summed E-state index contributed by atoms with van der Waals surface area (Å²) in [4.78, 5) is 23.2. The van der Waals surface area contributed by atoms with Gasteiger partial charge >= 0.3 is 6.18 Å². The summed E-state index contributed by atoms with van der Waals surface area (Å²) in [6.07, 6.45) is 1.37. The zero-order valence-corrected chi connectivity index (χ0v) is 18.2. The maximum absolute atomic E-state index is 14.6. The SMILES string of the molecule is Cn1cc(N(Cc2ccc(C(F)(F)F)cc2F)C(=O)c2ccc3nc(N)c4cncn4c3c2)cn1. The molecule has 0 aliphatic carbocycles. The molecule has 0 atom stereocenters. The van der Waals surface area contributed by atoms with E-state index in [-0.39, 0.29) is 23.5 Å². The molecule has 35 heavy (non-hydrogen) atoms. The van der Waals surface area contributed by atoms with E-state index in [4.69, 9.17) is 5.73 Å². The van der Waals surface area contributed by atoms with Gasteiger partial charge in [0.2, 0.25) is 0 Å². The van der Waals surface area contributed by atoms with Gasteiger partial charge in [-0.3, -0.25) is 13.9 Å². The molecule has 178 valence electrons. The predicted molar refractivity (Wildman–Crippen MR) is 120 cm³/mol. The van der Waals surface area contributed by atoms with Crippen molar-refractivity contribution in [3.63, 3.8) is 0 Å². The van der Waals surface area contributed by atoms with Crippen molar-refractivity contribution >= 4 is 34.0 Å². The lowest BCUT2D eigenvalue weighted by Crippen LogP contribution is -2.30. The van der Waals surface area contributed by atoms with Gasteiger partial charge in [0, 0.05) is 24.4 Å². The Morgan fingerprint density at radius 1 is 1.11 bits per heavy atom. The van der Waals surface area contributed by atoms with E-state index < -0.39 is 23.5 Å². The van der Waals surface area contributed by atoms with E-state index in [2.05, 4.69) is 15.1 Å². The van der Waals surface area contributed by atoms with Gasteiger partial charge in [-0.25, -0.2) is 14.4 Å². The zero-order valence-electron chi connectivity index (χ0n) is 18.2. The van der Waals surface area contributed by atoms with Gasteiger partial charge in [-0.1, -0.05) is 6.07 Å². The second-order valence-corrected chi connectivity index (χ2v) is 7.92. The Hall–Kier alpha value is -4.48. The van der Waals surface area contributed by atoms with Crippen LogP contribution >= 0.6 is 0 Å². The van der Waals surface area contributed by atoms with Crippen LogP contribution in [0.5, 0.6) is 0 Å². The monoisotopic (exact) mass is 483 g/mol. The summed E-state index contributed by atoms with van der Waals surface area (Å²) in [5, 5.41) is 4.06. The number of imidazole rings is 1. The molecule has 8 nitrogen and oxygen atoms in total. The lowest BCUT2D eigenvalue weighted by molar-refractivity contribution is -0.137. The first kappa shape index (κ1) is 22.3. The van der Waals surface area contributed by atoms with Gasteiger partial charge in [-0.15, -0.1) is 0 Å². The average Bonchev–Trinajstić information content (AvgIpc) is 3.47. The Balaban J connectivity index is 1.57. The summed E-state index contributed by atoms with van der Waals surface area (Å²) >= 11 is 0. The average molecular weight is 483 g/mol. The highest BCUT2D eigenvalue weighted by atomic mass is 19.4. The van der Waals surface area contributed by atoms with Crippen molar-refractivity contribution in [2.24, 2.45) is 7.05 Å². The van der Waals surface area contributed by atoms with Crippen molar-refractivity contribution in [1.29, 1.82) is 0 Å². The molecule has 2 N–H and O–H groups in total. The number of anilines is 2. The number of carbonyl (C=O) groups is 1. The molecular formula is C23H17F4N7O.